The van der Waals surface area contributed by atoms with Crippen molar-refractivity contribution in [1.29, 1.82) is 0 Å². The minimum Gasteiger partial charge on any atom is -0.449 e. The summed E-state index contributed by atoms with van der Waals surface area (Å²) < 4.78 is 14.1. The molecule has 0 spiro atoms. The van der Waals surface area contributed by atoms with E-state index in [1.54, 1.807) is 0 Å². The van der Waals surface area contributed by atoms with E-state index in [0.717, 1.165) is 66.7 Å². The molecular weight excluding hydrogens is 745 g/mol. The fraction of sp³-hybridized carbons (Fsp3) is 0.0175. The van der Waals surface area contributed by atoms with Crippen molar-refractivity contribution >= 4 is 10.8 Å². The highest BCUT2D eigenvalue weighted by Gasteiger charge is 2.48. The van der Waals surface area contributed by atoms with E-state index in [1.165, 1.54) is 16.7 Å². The van der Waals surface area contributed by atoms with Gasteiger partial charge in [0.15, 0.2) is 28.8 Å². The first-order valence-electron chi connectivity index (χ1n) is 20.7. The summed E-state index contributed by atoms with van der Waals surface area (Å²) in [6, 6.07) is 76.4. The Balaban J connectivity index is 1.04. The lowest BCUT2D eigenvalue weighted by Gasteiger charge is -2.34. The molecule has 1 aromatic heterocycles. The Morgan fingerprint density at radius 3 is 1.72 bits per heavy atom. The molecule has 0 N–H and O–H groups in total. The van der Waals surface area contributed by atoms with Crippen LogP contribution < -0.4 is 9.47 Å². The minimum atomic E-state index is -0.567. The van der Waals surface area contributed by atoms with Gasteiger partial charge in [-0.05, 0) is 62.4 Å². The summed E-state index contributed by atoms with van der Waals surface area (Å²) in [7, 11) is 0. The number of para-hydroxylation sites is 1. The number of hydrogen-bond donors (Lipinski definition) is 0. The van der Waals surface area contributed by atoms with Crippen LogP contribution in [-0.4, -0.2) is 9.97 Å². The summed E-state index contributed by atoms with van der Waals surface area (Å²) in [4.78, 5) is 10.6. The van der Waals surface area contributed by atoms with Crippen LogP contribution in [0.3, 0.4) is 0 Å². The van der Waals surface area contributed by atoms with Gasteiger partial charge < -0.3 is 9.47 Å². The van der Waals surface area contributed by atoms with E-state index < -0.39 is 5.41 Å². The number of hydrogen-bond acceptors (Lipinski definition) is 4. The van der Waals surface area contributed by atoms with Crippen LogP contribution in [0.2, 0.25) is 0 Å². The Labute approximate surface area is 354 Å². The quantitative estimate of drug-likeness (QED) is 0.169. The second-order valence-electron chi connectivity index (χ2n) is 15.6. The monoisotopic (exact) mass is 780 g/mol. The van der Waals surface area contributed by atoms with Gasteiger partial charge in [-0.2, -0.15) is 0 Å². The molecular formula is C57H36N2O2. The van der Waals surface area contributed by atoms with Gasteiger partial charge in [0.2, 0.25) is 0 Å². The molecule has 2 heterocycles. The molecule has 4 nitrogen and oxygen atoms in total. The van der Waals surface area contributed by atoms with E-state index in [1.807, 2.05) is 36.4 Å². The van der Waals surface area contributed by atoms with Crippen LogP contribution in [0.15, 0.2) is 218 Å². The van der Waals surface area contributed by atoms with Gasteiger partial charge in [-0.15, -0.1) is 0 Å². The third-order valence-electron chi connectivity index (χ3n) is 12.3. The summed E-state index contributed by atoms with van der Waals surface area (Å²) in [5.74, 6) is 3.32. The molecule has 0 saturated carbocycles. The lowest BCUT2D eigenvalue weighted by Crippen LogP contribution is -2.28. The van der Waals surface area contributed by atoms with Gasteiger partial charge in [0.25, 0.3) is 0 Å². The molecule has 10 aromatic rings. The molecule has 4 heteroatoms. The lowest BCUT2D eigenvalue weighted by atomic mass is 9.68. The number of fused-ring (bicyclic) bond motifs is 7. The Hall–Kier alpha value is -8.08. The third kappa shape index (κ3) is 5.46. The van der Waals surface area contributed by atoms with Gasteiger partial charge in [0, 0.05) is 27.8 Å². The summed E-state index contributed by atoms with van der Waals surface area (Å²) in [5.41, 5.74) is 12.8. The molecule has 0 atom stereocenters. The normalized spacial score (nSPS) is 13.0. The van der Waals surface area contributed by atoms with E-state index in [0.29, 0.717) is 28.8 Å². The Bertz CT molecular complexity index is 3260. The highest BCUT2D eigenvalue weighted by atomic mass is 16.6. The summed E-state index contributed by atoms with van der Waals surface area (Å²) in [6.07, 6.45) is 0. The molecule has 61 heavy (non-hydrogen) atoms. The average Bonchev–Trinajstić information content (AvgIpc) is 3.65. The predicted molar refractivity (Wildman–Crippen MR) is 245 cm³/mol. The number of rotatable bonds is 6. The molecule has 2 aliphatic rings. The zero-order valence-electron chi connectivity index (χ0n) is 33.0. The van der Waals surface area contributed by atoms with Crippen LogP contribution in [0.5, 0.6) is 23.0 Å². The van der Waals surface area contributed by atoms with Gasteiger partial charge >= 0.3 is 0 Å². The third-order valence-corrected chi connectivity index (χ3v) is 12.3. The molecule has 1 aliphatic carbocycles. The molecule has 286 valence electrons. The van der Waals surface area contributed by atoms with Crippen LogP contribution in [0, 0.1) is 0 Å². The first-order chi connectivity index (χ1) is 30.3. The van der Waals surface area contributed by atoms with Crippen molar-refractivity contribution in [2.45, 2.75) is 5.41 Å². The van der Waals surface area contributed by atoms with Crippen molar-refractivity contribution in [3.63, 3.8) is 0 Å². The molecule has 0 radical (unpaired) electrons. The van der Waals surface area contributed by atoms with Crippen molar-refractivity contribution in [1.82, 2.24) is 9.97 Å². The van der Waals surface area contributed by atoms with Crippen LogP contribution in [0.1, 0.15) is 22.3 Å². The molecule has 0 amide bonds. The first kappa shape index (κ1) is 34.9. The summed E-state index contributed by atoms with van der Waals surface area (Å²) >= 11 is 0. The van der Waals surface area contributed by atoms with E-state index >= 15 is 0 Å². The molecule has 12 rings (SSSR count). The number of ether oxygens (including phenoxy) is 2. The van der Waals surface area contributed by atoms with Crippen LogP contribution in [0.25, 0.3) is 66.9 Å². The predicted octanol–water partition coefficient (Wildman–Crippen LogP) is 14.6. The molecule has 0 saturated heterocycles. The number of aromatic nitrogens is 2. The fourth-order valence-corrected chi connectivity index (χ4v) is 9.62. The van der Waals surface area contributed by atoms with Crippen molar-refractivity contribution in [2.24, 2.45) is 0 Å². The highest BCUT2D eigenvalue weighted by Crippen LogP contribution is 2.63. The van der Waals surface area contributed by atoms with E-state index in [-0.39, 0.29) is 0 Å². The van der Waals surface area contributed by atoms with Gasteiger partial charge in [0.1, 0.15) is 0 Å². The van der Waals surface area contributed by atoms with E-state index in [4.69, 9.17) is 19.4 Å². The molecule has 9 aromatic carbocycles. The standard InChI is InChI=1S/C57H36N2O2/c1-4-19-38(20-5-1)49-36-50(43-30-16-21-37-18-10-11-26-41(37)43)59-56(58-49)45-28-13-12-27-42(45)44-31-17-33-51-54(44)61-55-52(60-51)35-34-48-53(55)46-29-14-15-32-47(46)57(48,39-22-6-2-7-23-39)40-24-8-3-9-25-40/h1-36H. The summed E-state index contributed by atoms with van der Waals surface area (Å²) in [5, 5.41) is 2.30. The maximum absolute atomic E-state index is 7.29. The number of benzene rings is 9. The van der Waals surface area contributed by atoms with Crippen molar-refractivity contribution in [2.75, 3.05) is 0 Å². The zero-order valence-corrected chi connectivity index (χ0v) is 33.0. The topological polar surface area (TPSA) is 44.2 Å². The minimum absolute atomic E-state index is 0.567. The maximum atomic E-state index is 7.29. The molecule has 0 fully saturated rings. The SMILES string of the molecule is c1ccc(-c2cc(-c3cccc4ccccc34)nc(-c3ccccc3-c3cccc4c3Oc3c(ccc5c3-c3ccccc3C5(c3ccccc3)c3ccccc3)O4)n2)cc1. The number of nitrogens with zero attached hydrogens (tertiary/aromatic N) is 2. The van der Waals surface area contributed by atoms with Gasteiger partial charge in [-0.25, -0.2) is 9.97 Å². The lowest BCUT2D eigenvalue weighted by molar-refractivity contribution is 0.361. The molecule has 0 unspecified atom stereocenters. The smallest absolute Gasteiger partial charge is 0.178 e. The first-order valence-corrected chi connectivity index (χ1v) is 20.7. The van der Waals surface area contributed by atoms with Gasteiger partial charge in [0.05, 0.1) is 16.8 Å². The van der Waals surface area contributed by atoms with Crippen molar-refractivity contribution in [3.05, 3.63) is 241 Å². The van der Waals surface area contributed by atoms with Crippen LogP contribution in [0.4, 0.5) is 0 Å². The fourth-order valence-electron chi connectivity index (χ4n) is 9.62. The van der Waals surface area contributed by atoms with E-state index in [2.05, 4.69) is 182 Å². The van der Waals surface area contributed by atoms with Crippen molar-refractivity contribution < 1.29 is 9.47 Å². The second-order valence-corrected chi connectivity index (χ2v) is 15.6. The average molecular weight is 781 g/mol. The van der Waals surface area contributed by atoms with Crippen molar-refractivity contribution in [3.8, 4) is 79.2 Å². The van der Waals surface area contributed by atoms with Gasteiger partial charge in [-0.3, -0.25) is 0 Å². The Morgan fingerprint density at radius 2 is 0.934 bits per heavy atom. The molecule has 0 bridgehead atoms. The second kappa shape index (κ2) is 14.0. The van der Waals surface area contributed by atoms with Gasteiger partial charge in [-0.1, -0.05) is 200 Å². The van der Waals surface area contributed by atoms with E-state index in [9.17, 15) is 0 Å². The summed E-state index contributed by atoms with van der Waals surface area (Å²) in [6.45, 7) is 0. The van der Waals surface area contributed by atoms with Crippen LogP contribution in [-0.2, 0) is 5.41 Å². The highest BCUT2D eigenvalue weighted by molar-refractivity contribution is 5.97. The molecule has 1 aliphatic heterocycles. The maximum Gasteiger partial charge on any atom is 0.178 e. The Kier molecular flexibility index (Phi) is 8.04. The largest absolute Gasteiger partial charge is 0.449 e. The zero-order chi connectivity index (χ0) is 40.3. The Morgan fingerprint density at radius 1 is 0.361 bits per heavy atom. The van der Waals surface area contributed by atoms with Crippen LogP contribution >= 0.6 is 0 Å².